The summed E-state index contributed by atoms with van der Waals surface area (Å²) in [6.07, 6.45) is -0.324. The Morgan fingerprint density at radius 2 is 2.29 bits per heavy atom. The molecule has 1 aromatic carbocycles. The Kier molecular flexibility index (Phi) is 5.14. The van der Waals surface area contributed by atoms with Gasteiger partial charge >= 0.3 is 6.09 Å². The third-order valence-corrected chi connectivity index (χ3v) is 3.91. The number of amides is 2. The molecule has 0 radical (unpaired) electrons. The van der Waals surface area contributed by atoms with E-state index in [9.17, 15) is 14.0 Å². The molecular formula is C16H19FN2O5. The van der Waals surface area contributed by atoms with Crippen LogP contribution in [0, 0.1) is 5.82 Å². The summed E-state index contributed by atoms with van der Waals surface area (Å²) in [5.41, 5.74) is 0. The predicted molar refractivity (Wildman–Crippen MR) is 81.1 cm³/mol. The highest BCUT2D eigenvalue weighted by molar-refractivity contribution is 5.83. The zero-order valence-corrected chi connectivity index (χ0v) is 13.1. The second kappa shape index (κ2) is 7.48. The van der Waals surface area contributed by atoms with Gasteiger partial charge in [-0.25, -0.2) is 9.18 Å². The molecule has 1 N–H and O–H groups in total. The van der Waals surface area contributed by atoms with Crippen LogP contribution in [0.5, 0.6) is 5.75 Å². The van der Waals surface area contributed by atoms with E-state index in [0.717, 1.165) is 0 Å². The summed E-state index contributed by atoms with van der Waals surface area (Å²) in [4.78, 5) is 24.9. The van der Waals surface area contributed by atoms with Gasteiger partial charge in [-0.2, -0.15) is 0 Å². The van der Waals surface area contributed by atoms with Gasteiger partial charge in [-0.15, -0.1) is 0 Å². The summed E-state index contributed by atoms with van der Waals surface area (Å²) < 4.78 is 29.2. The molecule has 0 aromatic heterocycles. The van der Waals surface area contributed by atoms with Crippen molar-refractivity contribution in [2.75, 3.05) is 32.9 Å². The molecule has 2 saturated heterocycles. The van der Waals surface area contributed by atoms with Crippen LogP contribution < -0.4 is 10.1 Å². The SMILES string of the molecule is O=C(CN1CCOC1=O)N[C@@H]1CCOC[C@H]1Oc1cccc(F)c1. The Labute approximate surface area is 138 Å². The molecule has 24 heavy (non-hydrogen) atoms. The normalized spacial score (nSPS) is 23.7. The lowest BCUT2D eigenvalue weighted by molar-refractivity contribution is -0.124. The van der Waals surface area contributed by atoms with E-state index in [1.807, 2.05) is 0 Å². The first-order valence-corrected chi connectivity index (χ1v) is 7.83. The topological polar surface area (TPSA) is 77.1 Å². The molecule has 2 aliphatic heterocycles. The number of carbonyl (C=O) groups is 2. The quantitative estimate of drug-likeness (QED) is 0.864. The number of halogens is 1. The monoisotopic (exact) mass is 338 g/mol. The van der Waals surface area contributed by atoms with Gasteiger partial charge in [-0.05, 0) is 18.6 Å². The summed E-state index contributed by atoms with van der Waals surface area (Å²) in [7, 11) is 0. The number of nitrogens with zero attached hydrogens (tertiary/aromatic N) is 1. The molecule has 2 aliphatic rings. The van der Waals surface area contributed by atoms with Gasteiger partial charge in [0, 0.05) is 12.7 Å². The van der Waals surface area contributed by atoms with Crippen LogP contribution in [-0.2, 0) is 14.3 Å². The minimum Gasteiger partial charge on any atom is -0.486 e. The van der Waals surface area contributed by atoms with Crippen LogP contribution in [0.25, 0.3) is 0 Å². The summed E-state index contributed by atoms with van der Waals surface area (Å²) in [5, 5.41) is 2.86. The molecule has 0 spiro atoms. The summed E-state index contributed by atoms with van der Waals surface area (Å²) >= 11 is 0. The molecule has 8 heteroatoms. The molecule has 3 rings (SSSR count). The Morgan fingerprint density at radius 1 is 1.42 bits per heavy atom. The predicted octanol–water partition coefficient (Wildman–Crippen LogP) is 0.930. The van der Waals surface area contributed by atoms with E-state index in [1.165, 1.54) is 17.0 Å². The van der Waals surface area contributed by atoms with Crippen molar-refractivity contribution in [3.05, 3.63) is 30.1 Å². The first kappa shape index (κ1) is 16.5. The fraction of sp³-hybridized carbons (Fsp3) is 0.500. The summed E-state index contributed by atoms with van der Waals surface area (Å²) in [5.74, 6) is -0.293. The van der Waals surface area contributed by atoms with Gasteiger partial charge in [0.05, 0.1) is 19.2 Å². The Bertz CT molecular complexity index is 612. The second-order valence-corrected chi connectivity index (χ2v) is 5.69. The lowest BCUT2D eigenvalue weighted by Crippen LogP contribution is -2.53. The average molecular weight is 338 g/mol. The van der Waals surface area contributed by atoms with Gasteiger partial charge in [0.25, 0.3) is 0 Å². The third kappa shape index (κ3) is 4.14. The van der Waals surface area contributed by atoms with Crippen LogP contribution in [0.4, 0.5) is 9.18 Å². The zero-order chi connectivity index (χ0) is 16.9. The van der Waals surface area contributed by atoms with Crippen molar-refractivity contribution in [1.82, 2.24) is 10.2 Å². The largest absolute Gasteiger partial charge is 0.486 e. The molecule has 7 nitrogen and oxygen atoms in total. The van der Waals surface area contributed by atoms with E-state index in [0.29, 0.717) is 38.5 Å². The number of benzene rings is 1. The highest BCUT2D eigenvalue weighted by Gasteiger charge is 2.31. The number of rotatable bonds is 5. The molecule has 130 valence electrons. The first-order chi connectivity index (χ1) is 11.6. The second-order valence-electron chi connectivity index (χ2n) is 5.69. The first-order valence-electron chi connectivity index (χ1n) is 7.83. The number of carbonyl (C=O) groups excluding carboxylic acids is 2. The van der Waals surface area contributed by atoms with Crippen LogP contribution in [-0.4, -0.2) is 62.0 Å². The molecular weight excluding hydrogens is 319 g/mol. The smallest absolute Gasteiger partial charge is 0.410 e. The third-order valence-electron chi connectivity index (χ3n) is 3.91. The number of hydrogen-bond donors (Lipinski definition) is 1. The van der Waals surface area contributed by atoms with Crippen LogP contribution in [0.3, 0.4) is 0 Å². The minimum atomic E-state index is -0.482. The molecule has 0 aliphatic carbocycles. The number of nitrogens with one attached hydrogen (secondary N) is 1. The standard InChI is InChI=1S/C16H19FN2O5/c17-11-2-1-3-12(8-11)24-14-10-22-6-4-13(14)18-15(20)9-19-5-7-23-16(19)21/h1-3,8,13-14H,4-7,9-10H2,(H,18,20)/t13-,14-/m1/s1. The van der Waals surface area contributed by atoms with E-state index < -0.39 is 18.0 Å². The van der Waals surface area contributed by atoms with Gasteiger partial charge in [-0.1, -0.05) is 6.07 Å². The van der Waals surface area contributed by atoms with Gasteiger partial charge in [0.2, 0.25) is 5.91 Å². The molecule has 1 aromatic rings. The molecule has 2 heterocycles. The molecule has 0 saturated carbocycles. The summed E-state index contributed by atoms with van der Waals surface area (Å²) in [6, 6.07) is 5.55. The van der Waals surface area contributed by atoms with Crippen molar-refractivity contribution >= 4 is 12.0 Å². The van der Waals surface area contributed by atoms with Gasteiger partial charge < -0.3 is 19.5 Å². The van der Waals surface area contributed by atoms with E-state index in [4.69, 9.17) is 14.2 Å². The van der Waals surface area contributed by atoms with Crippen LogP contribution in [0.1, 0.15) is 6.42 Å². The van der Waals surface area contributed by atoms with Crippen molar-refractivity contribution < 1.29 is 28.2 Å². The number of hydrogen-bond acceptors (Lipinski definition) is 5. The maximum Gasteiger partial charge on any atom is 0.410 e. The Morgan fingerprint density at radius 3 is 3.04 bits per heavy atom. The highest BCUT2D eigenvalue weighted by Crippen LogP contribution is 2.18. The molecule has 2 atom stereocenters. The molecule has 2 fully saturated rings. The maximum absolute atomic E-state index is 13.3. The van der Waals surface area contributed by atoms with Gasteiger partial charge in [-0.3, -0.25) is 9.69 Å². The van der Waals surface area contributed by atoms with Crippen molar-refractivity contribution in [2.45, 2.75) is 18.6 Å². The fourth-order valence-corrected chi connectivity index (χ4v) is 2.70. The maximum atomic E-state index is 13.3. The average Bonchev–Trinajstić information content (AvgIpc) is 2.94. The van der Waals surface area contributed by atoms with Crippen molar-refractivity contribution in [3.63, 3.8) is 0 Å². The highest BCUT2D eigenvalue weighted by atomic mass is 19.1. The molecule has 2 amide bonds. The Balaban J connectivity index is 1.57. The van der Waals surface area contributed by atoms with E-state index >= 15 is 0 Å². The van der Waals surface area contributed by atoms with Crippen molar-refractivity contribution in [1.29, 1.82) is 0 Å². The lowest BCUT2D eigenvalue weighted by Gasteiger charge is -2.32. The van der Waals surface area contributed by atoms with E-state index in [-0.39, 0.29) is 18.5 Å². The van der Waals surface area contributed by atoms with Crippen molar-refractivity contribution in [2.24, 2.45) is 0 Å². The molecule has 0 unspecified atom stereocenters. The van der Waals surface area contributed by atoms with E-state index in [1.54, 1.807) is 12.1 Å². The molecule has 0 bridgehead atoms. The van der Waals surface area contributed by atoms with Crippen LogP contribution in [0.2, 0.25) is 0 Å². The number of cyclic esters (lactones) is 1. The minimum absolute atomic E-state index is 0.0527. The van der Waals surface area contributed by atoms with Gasteiger partial charge in [0.15, 0.2) is 0 Å². The van der Waals surface area contributed by atoms with E-state index in [2.05, 4.69) is 5.32 Å². The summed E-state index contributed by atoms with van der Waals surface area (Å²) in [6.45, 7) is 1.45. The lowest BCUT2D eigenvalue weighted by atomic mass is 10.1. The van der Waals surface area contributed by atoms with Crippen LogP contribution >= 0.6 is 0 Å². The number of ether oxygens (including phenoxy) is 3. The van der Waals surface area contributed by atoms with Gasteiger partial charge in [0.1, 0.15) is 30.8 Å². The zero-order valence-electron chi connectivity index (χ0n) is 13.1. The van der Waals surface area contributed by atoms with Crippen molar-refractivity contribution in [3.8, 4) is 5.75 Å². The van der Waals surface area contributed by atoms with Crippen LogP contribution in [0.15, 0.2) is 24.3 Å². The Hall–Kier alpha value is -2.35. The fourth-order valence-electron chi connectivity index (χ4n) is 2.70.